The summed E-state index contributed by atoms with van der Waals surface area (Å²) < 4.78 is 0. The van der Waals surface area contributed by atoms with E-state index in [9.17, 15) is 9.90 Å². The Bertz CT molecular complexity index is 515. The van der Waals surface area contributed by atoms with Gasteiger partial charge in [-0.25, -0.2) is 5.06 Å². The maximum absolute atomic E-state index is 11.3. The van der Waals surface area contributed by atoms with Gasteiger partial charge in [-0.05, 0) is 29.9 Å². The lowest BCUT2D eigenvalue weighted by atomic mass is 9.79. The van der Waals surface area contributed by atoms with Gasteiger partial charge in [0.25, 0.3) is 0 Å². The summed E-state index contributed by atoms with van der Waals surface area (Å²) in [5.41, 5.74) is 2.05. The fourth-order valence-electron chi connectivity index (χ4n) is 2.36. The van der Waals surface area contributed by atoms with Crippen molar-refractivity contribution in [3.8, 4) is 5.75 Å². The third-order valence-corrected chi connectivity index (χ3v) is 3.52. The van der Waals surface area contributed by atoms with E-state index in [-0.39, 0.29) is 16.8 Å². The predicted octanol–water partition coefficient (Wildman–Crippen LogP) is 4.29. The average molecular weight is 307 g/mol. The molecule has 4 nitrogen and oxygen atoms in total. The number of hydrogen-bond donors (Lipinski definition) is 1. The standard InChI is InChI=1S/C18H29NO3/c1-9-19(22-12(2)20)13-10-14(17(3,4)5)16(21)15(11-13)18(6,7)8/h10-11,21H,9H2,1-8H3. The normalized spacial score (nSPS) is 12.2. The quantitative estimate of drug-likeness (QED) is 0.846. The van der Waals surface area contributed by atoms with Gasteiger partial charge in [0, 0.05) is 18.1 Å². The fourth-order valence-corrected chi connectivity index (χ4v) is 2.36. The van der Waals surface area contributed by atoms with Crippen molar-refractivity contribution in [1.82, 2.24) is 0 Å². The third kappa shape index (κ3) is 4.15. The minimum Gasteiger partial charge on any atom is -0.507 e. The van der Waals surface area contributed by atoms with E-state index in [0.717, 1.165) is 16.8 Å². The van der Waals surface area contributed by atoms with Crippen molar-refractivity contribution in [3.63, 3.8) is 0 Å². The summed E-state index contributed by atoms with van der Waals surface area (Å²) in [5, 5.41) is 12.3. The fraction of sp³-hybridized carbons (Fsp3) is 0.611. The Morgan fingerprint density at radius 1 is 1.09 bits per heavy atom. The van der Waals surface area contributed by atoms with E-state index in [4.69, 9.17) is 4.84 Å². The number of nitrogens with zero attached hydrogens (tertiary/aromatic N) is 1. The molecule has 1 rings (SSSR count). The van der Waals surface area contributed by atoms with E-state index in [2.05, 4.69) is 41.5 Å². The number of benzene rings is 1. The second-order valence-corrected chi connectivity index (χ2v) is 7.67. The Labute approximate surface area is 134 Å². The maximum Gasteiger partial charge on any atom is 0.329 e. The second-order valence-electron chi connectivity index (χ2n) is 7.67. The molecule has 0 unspecified atom stereocenters. The van der Waals surface area contributed by atoms with Crippen molar-refractivity contribution in [3.05, 3.63) is 23.3 Å². The molecule has 0 radical (unpaired) electrons. The van der Waals surface area contributed by atoms with E-state index in [1.807, 2.05) is 19.1 Å². The molecule has 0 aliphatic heterocycles. The maximum atomic E-state index is 11.3. The smallest absolute Gasteiger partial charge is 0.329 e. The Hall–Kier alpha value is -1.71. The molecule has 1 aromatic rings. The van der Waals surface area contributed by atoms with Crippen molar-refractivity contribution in [2.45, 2.75) is 66.2 Å². The van der Waals surface area contributed by atoms with E-state index in [1.165, 1.54) is 6.92 Å². The summed E-state index contributed by atoms with van der Waals surface area (Å²) in [6.07, 6.45) is 0. The number of hydroxylamine groups is 1. The number of phenolic OH excluding ortho intramolecular Hbond substituents is 1. The molecule has 0 saturated carbocycles. The van der Waals surface area contributed by atoms with Crippen LogP contribution in [-0.4, -0.2) is 17.6 Å². The summed E-state index contributed by atoms with van der Waals surface area (Å²) in [4.78, 5) is 16.6. The van der Waals surface area contributed by atoms with Gasteiger partial charge in [-0.3, -0.25) is 4.79 Å². The minimum atomic E-state index is -0.357. The molecule has 0 aliphatic rings. The molecule has 0 bridgehead atoms. The molecular formula is C18H29NO3. The van der Waals surface area contributed by atoms with Crippen LogP contribution in [0, 0.1) is 0 Å². The van der Waals surface area contributed by atoms with Crippen LogP contribution >= 0.6 is 0 Å². The molecule has 0 atom stereocenters. The molecule has 0 fully saturated rings. The zero-order valence-electron chi connectivity index (χ0n) is 15.1. The van der Waals surface area contributed by atoms with Crippen molar-refractivity contribution >= 4 is 11.7 Å². The van der Waals surface area contributed by atoms with Crippen LogP contribution < -0.4 is 5.06 Å². The molecule has 124 valence electrons. The molecule has 0 saturated heterocycles. The van der Waals surface area contributed by atoms with E-state index >= 15 is 0 Å². The molecule has 4 heteroatoms. The summed E-state index contributed by atoms with van der Waals surface area (Å²) in [7, 11) is 0. The zero-order valence-corrected chi connectivity index (χ0v) is 15.1. The van der Waals surface area contributed by atoms with E-state index in [1.54, 1.807) is 5.06 Å². The summed E-state index contributed by atoms with van der Waals surface area (Å²) in [6.45, 7) is 16.2. The highest BCUT2D eigenvalue weighted by Gasteiger charge is 2.27. The number of phenols is 1. The predicted molar refractivity (Wildman–Crippen MR) is 90.3 cm³/mol. The van der Waals surface area contributed by atoms with Crippen LogP contribution in [0.4, 0.5) is 5.69 Å². The van der Waals surface area contributed by atoms with Crippen molar-refractivity contribution in [2.24, 2.45) is 0 Å². The number of anilines is 1. The van der Waals surface area contributed by atoms with Crippen molar-refractivity contribution in [2.75, 3.05) is 11.6 Å². The summed E-state index contributed by atoms with van der Waals surface area (Å²) >= 11 is 0. The van der Waals surface area contributed by atoms with Crippen LogP contribution in [0.1, 0.15) is 66.5 Å². The van der Waals surface area contributed by atoms with Gasteiger partial charge in [-0.1, -0.05) is 41.5 Å². The van der Waals surface area contributed by atoms with Crippen molar-refractivity contribution in [1.29, 1.82) is 0 Å². The van der Waals surface area contributed by atoms with Crippen LogP contribution in [0.5, 0.6) is 5.75 Å². The largest absolute Gasteiger partial charge is 0.507 e. The van der Waals surface area contributed by atoms with Crippen LogP contribution in [0.25, 0.3) is 0 Å². The van der Waals surface area contributed by atoms with Crippen molar-refractivity contribution < 1.29 is 14.7 Å². The first-order valence-electron chi connectivity index (χ1n) is 7.72. The van der Waals surface area contributed by atoms with Crippen LogP contribution in [0.15, 0.2) is 12.1 Å². The minimum absolute atomic E-state index is 0.213. The number of carbonyl (C=O) groups excluding carboxylic acids is 1. The molecule has 0 spiro atoms. The average Bonchev–Trinajstić information content (AvgIpc) is 2.33. The molecule has 1 N–H and O–H groups in total. The highest BCUT2D eigenvalue weighted by atomic mass is 16.7. The monoisotopic (exact) mass is 307 g/mol. The number of rotatable bonds is 3. The molecule has 0 amide bonds. The SMILES string of the molecule is CCN(OC(C)=O)c1cc(C(C)(C)C)c(O)c(C(C)(C)C)c1. The highest BCUT2D eigenvalue weighted by Crippen LogP contribution is 2.41. The molecule has 22 heavy (non-hydrogen) atoms. The van der Waals surface area contributed by atoms with E-state index in [0.29, 0.717) is 12.3 Å². The molecule has 0 aliphatic carbocycles. The lowest BCUT2D eigenvalue weighted by molar-refractivity contribution is -0.142. The lowest BCUT2D eigenvalue weighted by Gasteiger charge is -2.30. The van der Waals surface area contributed by atoms with Gasteiger partial charge >= 0.3 is 5.97 Å². The van der Waals surface area contributed by atoms with Gasteiger partial charge < -0.3 is 9.94 Å². The second kappa shape index (κ2) is 6.19. The number of hydrogen-bond acceptors (Lipinski definition) is 4. The van der Waals surface area contributed by atoms with Gasteiger partial charge in [0.1, 0.15) is 5.75 Å². The summed E-state index contributed by atoms with van der Waals surface area (Å²) in [6, 6.07) is 3.80. The number of carbonyl (C=O) groups is 1. The van der Waals surface area contributed by atoms with Gasteiger partial charge in [-0.2, -0.15) is 0 Å². The Balaban J connectivity index is 3.56. The highest BCUT2D eigenvalue weighted by molar-refractivity contribution is 5.68. The van der Waals surface area contributed by atoms with Gasteiger partial charge in [0.05, 0.1) is 12.2 Å². The first-order valence-corrected chi connectivity index (χ1v) is 7.72. The van der Waals surface area contributed by atoms with Gasteiger partial charge in [0.2, 0.25) is 0 Å². The zero-order chi connectivity index (χ0) is 17.3. The summed E-state index contributed by atoms with van der Waals surface area (Å²) in [5.74, 6) is -0.0350. The molecule has 1 aromatic carbocycles. The van der Waals surface area contributed by atoms with Gasteiger partial charge in [-0.15, -0.1) is 0 Å². The van der Waals surface area contributed by atoms with Crippen LogP contribution in [-0.2, 0) is 20.5 Å². The first-order chi connectivity index (χ1) is 9.87. The van der Waals surface area contributed by atoms with Crippen LogP contribution in [0.3, 0.4) is 0 Å². The van der Waals surface area contributed by atoms with E-state index < -0.39 is 0 Å². The molecule has 0 heterocycles. The first kappa shape index (κ1) is 18.3. The molecular weight excluding hydrogens is 278 g/mol. The van der Waals surface area contributed by atoms with Crippen LogP contribution in [0.2, 0.25) is 0 Å². The Kier molecular flexibility index (Phi) is 5.16. The lowest BCUT2D eigenvalue weighted by Crippen LogP contribution is -2.27. The molecule has 0 aromatic heterocycles. The number of aromatic hydroxyl groups is 1. The third-order valence-electron chi connectivity index (χ3n) is 3.52. The van der Waals surface area contributed by atoms with Gasteiger partial charge in [0.15, 0.2) is 0 Å². The Morgan fingerprint density at radius 2 is 1.50 bits per heavy atom. The Morgan fingerprint density at radius 3 is 1.77 bits per heavy atom. The topological polar surface area (TPSA) is 49.8 Å².